The Balaban J connectivity index is 1.92. The number of ether oxygens (including phenoxy) is 1. The summed E-state index contributed by atoms with van der Waals surface area (Å²) in [5.74, 6) is 0.444. The van der Waals surface area contributed by atoms with E-state index in [-0.39, 0.29) is 0 Å². The van der Waals surface area contributed by atoms with E-state index in [2.05, 4.69) is 10.9 Å². The van der Waals surface area contributed by atoms with Crippen LogP contribution in [0.2, 0.25) is 10.0 Å². The van der Waals surface area contributed by atoms with Crippen LogP contribution in [0, 0.1) is 0 Å². The third-order valence-electron chi connectivity index (χ3n) is 2.20. The second-order valence-corrected chi connectivity index (χ2v) is 4.34. The highest BCUT2D eigenvalue weighted by atomic mass is 35.5. The number of hydrogen-bond donors (Lipinski definition) is 2. The van der Waals surface area contributed by atoms with Crippen molar-refractivity contribution in [3.63, 3.8) is 0 Å². The van der Waals surface area contributed by atoms with Crippen LogP contribution >= 0.6 is 23.2 Å². The van der Waals surface area contributed by atoms with Crippen molar-refractivity contribution in [3.05, 3.63) is 58.6 Å². The van der Waals surface area contributed by atoms with Crippen molar-refractivity contribution in [1.82, 2.24) is 5.43 Å². The van der Waals surface area contributed by atoms with Gasteiger partial charge in [0.2, 0.25) is 0 Å². The lowest BCUT2D eigenvalue weighted by Gasteiger charge is -2.10. The normalized spacial score (nSPS) is 9.79. The molecule has 4 nitrogen and oxygen atoms in total. The molecule has 0 fully saturated rings. The lowest BCUT2D eigenvalue weighted by molar-refractivity contribution is 0.203. The van der Waals surface area contributed by atoms with E-state index in [0.717, 1.165) is 0 Å². The number of hydrazine groups is 1. The summed E-state index contributed by atoms with van der Waals surface area (Å²) < 4.78 is 5.02. The molecule has 0 saturated heterocycles. The molecule has 0 bridgehead atoms. The first-order valence-electron chi connectivity index (χ1n) is 5.40. The summed E-state index contributed by atoms with van der Waals surface area (Å²) in [5, 5.41) is 0.717. The maximum atomic E-state index is 11.5. The van der Waals surface area contributed by atoms with Gasteiger partial charge < -0.3 is 4.74 Å². The summed E-state index contributed by atoms with van der Waals surface area (Å²) in [6.45, 7) is 0. The first-order chi connectivity index (χ1) is 9.16. The summed E-state index contributed by atoms with van der Waals surface area (Å²) in [4.78, 5) is 11.5. The van der Waals surface area contributed by atoms with Gasteiger partial charge in [-0.1, -0.05) is 47.5 Å². The van der Waals surface area contributed by atoms with Crippen molar-refractivity contribution in [1.29, 1.82) is 0 Å². The van der Waals surface area contributed by atoms with E-state index in [1.807, 2.05) is 6.07 Å². The number of carbonyl (C=O) groups is 1. The van der Waals surface area contributed by atoms with Crippen LogP contribution in [0.3, 0.4) is 0 Å². The van der Waals surface area contributed by atoms with Gasteiger partial charge in [-0.25, -0.2) is 10.2 Å². The van der Waals surface area contributed by atoms with Crippen molar-refractivity contribution in [3.8, 4) is 5.75 Å². The largest absolute Gasteiger partial charge is 0.431 e. The molecule has 2 rings (SSSR count). The molecule has 2 aromatic carbocycles. The molecule has 1 amide bonds. The number of hydrogen-bond acceptors (Lipinski definition) is 3. The van der Waals surface area contributed by atoms with Gasteiger partial charge in [-0.05, 0) is 24.3 Å². The predicted molar refractivity (Wildman–Crippen MR) is 75.7 cm³/mol. The van der Waals surface area contributed by atoms with Gasteiger partial charge >= 0.3 is 6.09 Å². The van der Waals surface area contributed by atoms with Crippen LogP contribution in [0.25, 0.3) is 0 Å². The molecule has 0 radical (unpaired) electrons. The Morgan fingerprint density at radius 3 is 2.47 bits per heavy atom. The number of halogens is 2. The third-order valence-corrected chi connectivity index (χ3v) is 3.02. The Kier molecular flexibility index (Phi) is 4.49. The molecule has 0 spiro atoms. The molecular weight excluding hydrogens is 287 g/mol. The molecule has 0 aromatic heterocycles. The van der Waals surface area contributed by atoms with E-state index in [1.54, 1.807) is 42.5 Å². The van der Waals surface area contributed by atoms with Crippen LogP contribution in [0.1, 0.15) is 0 Å². The topological polar surface area (TPSA) is 50.4 Å². The van der Waals surface area contributed by atoms with Crippen LogP contribution in [0.5, 0.6) is 5.75 Å². The van der Waals surface area contributed by atoms with Gasteiger partial charge in [0, 0.05) is 0 Å². The van der Waals surface area contributed by atoms with Gasteiger partial charge in [0.25, 0.3) is 0 Å². The summed E-state index contributed by atoms with van der Waals surface area (Å²) in [6.07, 6.45) is -0.651. The van der Waals surface area contributed by atoms with Crippen LogP contribution in [-0.4, -0.2) is 6.09 Å². The standard InChI is InChI=1S/C13H10Cl2N2O2/c14-10-7-4-8-11(12(10)15)16-17-13(18)19-9-5-2-1-3-6-9/h1-8,16H,(H,17,18). The van der Waals surface area contributed by atoms with Crippen molar-refractivity contribution in [2.75, 3.05) is 5.43 Å². The average Bonchev–Trinajstić information content (AvgIpc) is 2.42. The fourth-order valence-electron chi connectivity index (χ4n) is 1.34. The van der Waals surface area contributed by atoms with Crippen LogP contribution in [0.15, 0.2) is 48.5 Å². The first kappa shape index (κ1) is 13.5. The van der Waals surface area contributed by atoms with Crippen molar-refractivity contribution < 1.29 is 9.53 Å². The predicted octanol–water partition coefficient (Wildman–Crippen LogP) is 4.11. The number of rotatable bonds is 3. The molecule has 2 aromatic rings. The third kappa shape index (κ3) is 3.77. The van der Waals surface area contributed by atoms with Gasteiger partial charge in [0.05, 0.1) is 15.7 Å². The van der Waals surface area contributed by atoms with Gasteiger partial charge in [-0.3, -0.25) is 5.43 Å². The minimum Gasteiger partial charge on any atom is -0.409 e. The minimum atomic E-state index is -0.651. The highest BCUT2D eigenvalue weighted by molar-refractivity contribution is 6.43. The second-order valence-electron chi connectivity index (χ2n) is 3.55. The first-order valence-corrected chi connectivity index (χ1v) is 6.15. The van der Waals surface area contributed by atoms with Gasteiger partial charge in [-0.15, -0.1) is 0 Å². The maximum absolute atomic E-state index is 11.5. The SMILES string of the molecule is O=C(NNc1cccc(Cl)c1Cl)Oc1ccccc1. The van der Waals surface area contributed by atoms with Crippen molar-refractivity contribution in [2.45, 2.75) is 0 Å². The Bertz CT molecular complexity index is 576. The van der Waals surface area contributed by atoms with E-state index in [9.17, 15) is 4.79 Å². The smallest absolute Gasteiger partial charge is 0.409 e. The van der Waals surface area contributed by atoms with Gasteiger partial charge in [0.1, 0.15) is 5.75 Å². The van der Waals surface area contributed by atoms with Crippen LogP contribution < -0.4 is 15.6 Å². The zero-order valence-electron chi connectivity index (χ0n) is 9.69. The maximum Gasteiger partial charge on any atom is 0.431 e. The summed E-state index contributed by atoms with van der Waals surface area (Å²) in [7, 11) is 0. The second kappa shape index (κ2) is 6.31. The Morgan fingerprint density at radius 2 is 1.74 bits per heavy atom. The quantitative estimate of drug-likeness (QED) is 0.838. The summed E-state index contributed by atoms with van der Waals surface area (Å²) >= 11 is 11.8. The number of para-hydroxylation sites is 1. The van der Waals surface area contributed by atoms with E-state index < -0.39 is 6.09 Å². The Labute approximate surface area is 120 Å². The minimum absolute atomic E-state index is 0.323. The Morgan fingerprint density at radius 1 is 1.00 bits per heavy atom. The molecule has 0 saturated carbocycles. The molecule has 0 aliphatic carbocycles. The number of benzene rings is 2. The van der Waals surface area contributed by atoms with Crippen LogP contribution in [-0.2, 0) is 0 Å². The molecule has 0 heterocycles. The van der Waals surface area contributed by atoms with Crippen LogP contribution in [0.4, 0.5) is 10.5 Å². The number of nitrogens with one attached hydrogen (secondary N) is 2. The molecule has 98 valence electrons. The van der Waals surface area contributed by atoms with E-state index >= 15 is 0 Å². The summed E-state index contributed by atoms with van der Waals surface area (Å²) in [5.41, 5.74) is 5.48. The highest BCUT2D eigenvalue weighted by Gasteiger charge is 2.06. The molecule has 0 aliphatic heterocycles. The molecule has 19 heavy (non-hydrogen) atoms. The number of amides is 1. The average molecular weight is 297 g/mol. The number of anilines is 1. The molecule has 2 N–H and O–H groups in total. The van der Waals surface area contributed by atoms with Gasteiger partial charge in [0.15, 0.2) is 0 Å². The molecule has 0 atom stereocenters. The van der Waals surface area contributed by atoms with E-state index in [1.165, 1.54) is 0 Å². The lowest BCUT2D eigenvalue weighted by atomic mass is 10.3. The zero-order valence-corrected chi connectivity index (χ0v) is 11.2. The van der Waals surface area contributed by atoms with Gasteiger partial charge in [-0.2, -0.15) is 0 Å². The van der Waals surface area contributed by atoms with Crippen molar-refractivity contribution >= 4 is 35.0 Å². The zero-order chi connectivity index (χ0) is 13.7. The molecule has 0 aliphatic rings. The monoisotopic (exact) mass is 296 g/mol. The fourth-order valence-corrected chi connectivity index (χ4v) is 1.69. The number of carbonyl (C=O) groups excluding carboxylic acids is 1. The molecular formula is C13H10Cl2N2O2. The molecule has 6 heteroatoms. The summed E-state index contributed by atoms with van der Waals surface area (Å²) in [6, 6.07) is 13.7. The van der Waals surface area contributed by atoms with E-state index in [0.29, 0.717) is 21.5 Å². The molecule has 0 unspecified atom stereocenters. The highest BCUT2D eigenvalue weighted by Crippen LogP contribution is 2.28. The fraction of sp³-hybridized carbons (Fsp3) is 0. The van der Waals surface area contributed by atoms with Crippen molar-refractivity contribution in [2.24, 2.45) is 0 Å². The Hall–Kier alpha value is -1.91. The lowest BCUT2D eigenvalue weighted by Crippen LogP contribution is -2.32. The van der Waals surface area contributed by atoms with E-state index in [4.69, 9.17) is 27.9 Å².